The van der Waals surface area contributed by atoms with Crippen LogP contribution in [0.25, 0.3) is 0 Å². The zero-order chi connectivity index (χ0) is 39.2. The normalized spacial score (nSPS) is 15.8. The first-order valence-corrected chi connectivity index (χ1v) is 20.0. The number of ether oxygens (including phenoxy) is 4. The Balaban J connectivity index is 1.34. The first-order chi connectivity index (χ1) is 26.6. The van der Waals surface area contributed by atoms with Crippen molar-refractivity contribution >= 4 is 29.2 Å². The number of aryl methyl sites for hydroxylation is 2. The van der Waals surface area contributed by atoms with Gasteiger partial charge in [0.1, 0.15) is 12.2 Å². The Morgan fingerprint density at radius 1 is 0.836 bits per heavy atom. The van der Waals surface area contributed by atoms with Crippen LogP contribution in [0.2, 0.25) is 5.02 Å². The Kier molecular flexibility index (Phi) is 15.6. The Morgan fingerprint density at radius 3 is 2.07 bits per heavy atom. The molecule has 0 saturated heterocycles. The molecule has 1 amide bonds. The van der Waals surface area contributed by atoms with E-state index in [1.807, 2.05) is 30.3 Å². The number of carbonyl (C=O) groups is 2. The molecule has 9 heteroatoms. The van der Waals surface area contributed by atoms with Gasteiger partial charge in [0.25, 0.3) is 5.91 Å². The summed E-state index contributed by atoms with van der Waals surface area (Å²) < 4.78 is 24.4. The quantitative estimate of drug-likeness (QED) is 0.0695. The fourth-order valence-corrected chi connectivity index (χ4v) is 7.32. The number of rotatable bonds is 19. The van der Waals surface area contributed by atoms with E-state index in [2.05, 4.69) is 86.3 Å². The molecule has 4 aromatic rings. The van der Waals surface area contributed by atoms with Crippen LogP contribution in [-0.4, -0.2) is 69.4 Å². The molecule has 0 aliphatic carbocycles. The van der Waals surface area contributed by atoms with Crippen LogP contribution in [0.5, 0.6) is 11.5 Å². The molecule has 1 aliphatic rings. The number of fused-ring (bicyclic) bond motifs is 1. The topological polar surface area (TPSA) is 77.5 Å². The van der Waals surface area contributed by atoms with Gasteiger partial charge in [-0.3, -0.25) is 9.59 Å². The lowest BCUT2D eigenvalue weighted by Crippen LogP contribution is -2.44. The van der Waals surface area contributed by atoms with Crippen LogP contribution in [0.3, 0.4) is 0 Å². The maximum Gasteiger partial charge on any atom is 0.308 e. The first kappa shape index (κ1) is 41.8. The van der Waals surface area contributed by atoms with Crippen LogP contribution < -0.4 is 14.4 Å². The highest BCUT2D eigenvalue weighted by atomic mass is 35.5. The number of carbonyl (C=O) groups excluding carboxylic acids is 2. The molecule has 0 fully saturated rings. The molecule has 0 N–H and O–H groups in total. The molecular formula is C46H57ClN2O6. The summed E-state index contributed by atoms with van der Waals surface area (Å²) in [5.74, 6) is 0.276. The number of benzene rings is 4. The number of para-hydroxylation sites is 1. The van der Waals surface area contributed by atoms with E-state index in [-0.39, 0.29) is 24.3 Å². The standard InChI is InChI=1S/C46H57ClN2O6/c1-6-53-42(50)32-41-45(51)49(33-46(2,3)4)39-26-25-36(47)31-38(39)43(55-41)37-23-13-24-40(44(37)52-5)54-30-16-29-48(27-14-21-34-17-9-7-10-18-34)28-15-22-35-19-11-8-12-20-35/h7-13,17-20,23-26,31,41,43H,6,14-16,21-22,27-30,32-33H2,1-5H3/t41-,43-/m0/s1. The van der Waals surface area contributed by atoms with Gasteiger partial charge >= 0.3 is 5.97 Å². The molecule has 0 aromatic heterocycles. The number of hydrogen-bond acceptors (Lipinski definition) is 7. The number of methoxy groups -OCH3 is 1. The van der Waals surface area contributed by atoms with E-state index >= 15 is 0 Å². The first-order valence-electron chi connectivity index (χ1n) is 19.6. The maximum atomic E-state index is 14.2. The van der Waals surface area contributed by atoms with Crippen LogP contribution in [0.15, 0.2) is 97.1 Å². The molecule has 0 spiro atoms. The maximum absolute atomic E-state index is 14.2. The summed E-state index contributed by atoms with van der Waals surface area (Å²) in [6.45, 7) is 12.0. The molecule has 1 heterocycles. The third-order valence-electron chi connectivity index (χ3n) is 9.63. The average molecular weight is 769 g/mol. The summed E-state index contributed by atoms with van der Waals surface area (Å²) in [4.78, 5) is 31.3. The van der Waals surface area contributed by atoms with Gasteiger partial charge in [-0.05, 0) is 92.9 Å². The van der Waals surface area contributed by atoms with E-state index in [0.29, 0.717) is 46.5 Å². The lowest BCUT2D eigenvalue weighted by atomic mass is 9.94. The Hall–Kier alpha value is -4.37. The van der Waals surface area contributed by atoms with Crippen molar-refractivity contribution < 1.29 is 28.5 Å². The van der Waals surface area contributed by atoms with Crippen molar-refractivity contribution in [1.29, 1.82) is 0 Å². The number of esters is 1. The third-order valence-corrected chi connectivity index (χ3v) is 9.87. The average Bonchev–Trinajstić information content (AvgIpc) is 3.26. The van der Waals surface area contributed by atoms with E-state index < -0.39 is 18.2 Å². The van der Waals surface area contributed by atoms with Gasteiger partial charge in [0.05, 0.1) is 26.7 Å². The van der Waals surface area contributed by atoms with Crippen molar-refractivity contribution in [2.75, 3.05) is 51.4 Å². The number of nitrogens with zero attached hydrogens (tertiary/aromatic N) is 2. The van der Waals surface area contributed by atoms with E-state index in [1.54, 1.807) is 25.0 Å². The van der Waals surface area contributed by atoms with Gasteiger partial charge in [0.15, 0.2) is 11.5 Å². The summed E-state index contributed by atoms with van der Waals surface area (Å²) >= 11 is 6.61. The summed E-state index contributed by atoms with van der Waals surface area (Å²) in [6, 6.07) is 32.5. The highest BCUT2D eigenvalue weighted by molar-refractivity contribution is 6.30. The summed E-state index contributed by atoms with van der Waals surface area (Å²) in [6.07, 6.45) is 3.00. The highest BCUT2D eigenvalue weighted by Crippen LogP contribution is 2.45. The third kappa shape index (κ3) is 12.3. The Morgan fingerprint density at radius 2 is 1.47 bits per heavy atom. The van der Waals surface area contributed by atoms with Gasteiger partial charge < -0.3 is 28.7 Å². The van der Waals surface area contributed by atoms with Crippen molar-refractivity contribution in [2.24, 2.45) is 5.41 Å². The molecule has 4 aromatic carbocycles. The van der Waals surface area contributed by atoms with Gasteiger partial charge in [-0.2, -0.15) is 0 Å². The summed E-state index contributed by atoms with van der Waals surface area (Å²) in [5.41, 5.74) is 4.53. The van der Waals surface area contributed by atoms with Crippen LogP contribution in [0.4, 0.5) is 5.69 Å². The molecule has 0 unspecified atom stereocenters. The molecule has 1 aliphatic heterocycles. The van der Waals surface area contributed by atoms with Crippen LogP contribution in [0, 0.1) is 5.41 Å². The highest BCUT2D eigenvalue weighted by Gasteiger charge is 2.40. The SMILES string of the molecule is CCOC(=O)C[C@@H]1O[C@@H](c2cccc(OCCCN(CCCc3ccccc3)CCCc3ccccc3)c2OC)c2cc(Cl)ccc2N(CC(C)(C)C)C1=O. The minimum absolute atomic E-state index is 0.205. The lowest BCUT2D eigenvalue weighted by molar-refractivity contribution is -0.151. The Labute approximate surface area is 332 Å². The van der Waals surface area contributed by atoms with Crippen molar-refractivity contribution in [3.63, 3.8) is 0 Å². The van der Waals surface area contributed by atoms with Crippen molar-refractivity contribution in [2.45, 2.75) is 78.4 Å². The van der Waals surface area contributed by atoms with Gasteiger partial charge in [-0.15, -0.1) is 0 Å². The number of amides is 1. The predicted molar refractivity (Wildman–Crippen MR) is 220 cm³/mol. The zero-order valence-corrected chi connectivity index (χ0v) is 33.9. The van der Waals surface area contributed by atoms with E-state index in [4.69, 9.17) is 30.5 Å². The molecule has 8 nitrogen and oxygen atoms in total. The lowest BCUT2D eigenvalue weighted by Gasteiger charge is -2.31. The number of anilines is 1. The minimum atomic E-state index is -1.10. The van der Waals surface area contributed by atoms with Crippen LogP contribution >= 0.6 is 11.6 Å². The van der Waals surface area contributed by atoms with Crippen LogP contribution in [-0.2, 0) is 31.9 Å². The van der Waals surface area contributed by atoms with Gasteiger partial charge in [-0.1, -0.05) is 105 Å². The number of halogens is 1. The van der Waals surface area contributed by atoms with Crippen molar-refractivity contribution in [3.8, 4) is 11.5 Å². The fraction of sp³-hybridized carbons (Fsp3) is 0.435. The largest absolute Gasteiger partial charge is 0.492 e. The molecule has 0 bridgehead atoms. The molecule has 2 atom stereocenters. The molecular weight excluding hydrogens is 712 g/mol. The minimum Gasteiger partial charge on any atom is -0.492 e. The van der Waals surface area contributed by atoms with Crippen molar-refractivity contribution in [3.05, 3.63) is 124 Å². The second-order valence-electron chi connectivity index (χ2n) is 15.3. The zero-order valence-electron chi connectivity index (χ0n) is 33.1. The van der Waals surface area contributed by atoms with Crippen LogP contribution in [0.1, 0.15) is 81.7 Å². The molecule has 294 valence electrons. The predicted octanol–water partition coefficient (Wildman–Crippen LogP) is 9.51. The Bertz CT molecular complexity index is 1770. The second-order valence-corrected chi connectivity index (χ2v) is 15.7. The fourth-order valence-electron chi connectivity index (χ4n) is 7.13. The van der Waals surface area contributed by atoms with E-state index in [1.165, 1.54) is 11.1 Å². The monoisotopic (exact) mass is 768 g/mol. The molecule has 0 saturated carbocycles. The van der Waals surface area contributed by atoms with Gasteiger partial charge in [-0.25, -0.2) is 0 Å². The molecule has 5 rings (SSSR count). The van der Waals surface area contributed by atoms with E-state index in [0.717, 1.165) is 51.7 Å². The summed E-state index contributed by atoms with van der Waals surface area (Å²) in [7, 11) is 1.61. The van der Waals surface area contributed by atoms with Crippen molar-refractivity contribution in [1.82, 2.24) is 4.90 Å². The summed E-state index contributed by atoms with van der Waals surface area (Å²) in [5, 5.41) is 0.503. The van der Waals surface area contributed by atoms with Gasteiger partial charge in [0.2, 0.25) is 0 Å². The second kappa shape index (κ2) is 20.5. The number of hydrogen-bond donors (Lipinski definition) is 0. The molecule has 0 radical (unpaired) electrons. The van der Waals surface area contributed by atoms with E-state index in [9.17, 15) is 9.59 Å². The van der Waals surface area contributed by atoms with Gasteiger partial charge in [0, 0.05) is 34.9 Å². The molecule has 55 heavy (non-hydrogen) atoms. The smallest absolute Gasteiger partial charge is 0.308 e.